The molecule has 0 bridgehead atoms. The van der Waals surface area contributed by atoms with Crippen LogP contribution in [0.15, 0.2) is 0 Å². The van der Waals surface area contributed by atoms with E-state index < -0.39 is 0 Å². The van der Waals surface area contributed by atoms with Gasteiger partial charge in [-0.25, -0.2) is 0 Å². The Hall–Kier alpha value is -0.240. The highest BCUT2D eigenvalue weighted by molar-refractivity contribution is 6.20. The average Bonchev–Trinajstić information content (AvgIpc) is 2.64. The molecule has 1 rings (SSSR count). The third-order valence-electron chi connectivity index (χ3n) is 3.05. The lowest BCUT2D eigenvalue weighted by Crippen LogP contribution is -2.26. The second-order valence-corrected chi connectivity index (χ2v) is 5.37. The Morgan fingerprint density at radius 1 is 1.47 bits per heavy atom. The molecule has 0 saturated heterocycles. The lowest BCUT2D eigenvalue weighted by Gasteiger charge is -2.09. The van der Waals surface area contributed by atoms with Crippen LogP contribution in [0.5, 0.6) is 0 Å². The number of carbonyl (C=O) groups excluding carboxylic acids is 1. The summed E-state index contributed by atoms with van der Waals surface area (Å²) in [5.41, 5.74) is 0. The van der Waals surface area contributed by atoms with Gasteiger partial charge >= 0.3 is 0 Å². The molecule has 1 saturated carbocycles. The number of nitrogens with one attached hydrogen (secondary N) is 1. The summed E-state index contributed by atoms with van der Waals surface area (Å²) in [6.45, 7) is 2.77. The molecule has 0 radical (unpaired) electrons. The second kappa shape index (κ2) is 7.10. The third-order valence-corrected chi connectivity index (χ3v) is 3.27. The van der Waals surface area contributed by atoms with Crippen LogP contribution < -0.4 is 5.32 Å². The van der Waals surface area contributed by atoms with Crippen LogP contribution in [0.3, 0.4) is 0 Å². The number of carbonyl (C=O) groups is 1. The smallest absolute Gasteiger partial charge is 0.220 e. The van der Waals surface area contributed by atoms with E-state index in [-0.39, 0.29) is 11.3 Å². The molecule has 1 N–H and O–H groups in total. The first kappa shape index (κ1) is 12.8. The van der Waals surface area contributed by atoms with Crippen LogP contribution >= 0.6 is 11.6 Å². The van der Waals surface area contributed by atoms with Crippen LogP contribution in [0.4, 0.5) is 0 Å². The second-order valence-electron chi connectivity index (χ2n) is 4.63. The van der Waals surface area contributed by atoms with Crippen molar-refractivity contribution in [2.75, 3.05) is 6.54 Å². The Balaban J connectivity index is 1.98. The number of halogens is 1. The van der Waals surface area contributed by atoms with Gasteiger partial charge in [-0.05, 0) is 38.5 Å². The van der Waals surface area contributed by atoms with E-state index in [4.69, 9.17) is 11.6 Å². The van der Waals surface area contributed by atoms with E-state index in [2.05, 4.69) is 5.32 Å². The van der Waals surface area contributed by atoms with Gasteiger partial charge in [0, 0.05) is 18.3 Å². The standard InChI is InChI=1S/C12H22ClNO/c1-10(13)5-4-8-14-12(15)9-11-6-2-3-7-11/h10-11H,2-9H2,1H3,(H,14,15). The molecular weight excluding hydrogens is 210 g/mol. The van der Waals surface area contributed by atoms with Gasteiger partial charge in [-0.2, -0.15) is 0 Å². The SMILES string of the molecule is CC(Cl)CCCNC(=O)CC1CCCC1. The summed E-state index contributed by atoms with van der Waals surface area (Å²) in [6.07, 6.45) is 7.80. The van der Waals surface area contributed by atoms with Gasteiger partial charge in [-0.1, -0.05) is 12.8 Å². The average molecular weight is 232 g/mol. The van der Waals surface area contributed by atoms with Crippen LogP contribution in [0, 0.1) is 5.92 Å². The molecule has 1 aliphatic carbocycles. The number of rotatable bonds is 6. The highest BCUT2D eigenvalue weighted by Crippen LogP contribution is 2.27. The molecule has 1 amide bonds. The molecule has 1 atom stereocenters. The highest BCUT2D eigenvalue weighted by atomic mass is 35.5. The molecule has 0 aliphatic heterocycles. The molecule has 15 heavy (non-hydrogen) atoms. The minimum Gasteiger partial charge on any atom is -0.356 e. The number of hydrogen-bond acceptors (Lipinski definition) is 1. The van der Waals surface area contributed by atoms with Gasteiger partial charge in [0.1, 0.15) is 0 Å². The van der Waals surface area contributed by atoms with E-state index in [0.717, 1.165) is 25.8 Å². The molecule has 1 aliphatic rings. The van der Waals surface area contributed by atoms with Gasteiger partial charge in [-0.15, -0.1) is 11.6 Å². The lowest BCUT2D eigenvalue weighted by molar-refractivity contribution is -0.121. The predicted molar refractivity (Wildman–Crippen MR) is 64.1 cm³/mol. The van der Waals surface area contributed by atoms with Crippen LogP contribution in [-0.4, -0.2) is 17.8 Å². The molecule has 0 heterocycles. The number of amides is 1. The maximum absolute atomic E-state index is 11.5. The topological polar surface area (TPSA) is 29.1 Å². The fourth-order valence-electron chi connectivity index (χ4n) is 2.16. The first-order valence-electron chi connectivity index (χ1n) is 6.09. The summed E-state index contributed by atoms with van der Waals surface area (Å²) in [7, 11) is 0. The molecule has 1 unspecified atom stereocenters. The van der Waals surface area contributed by atoms with Gasteiger partial charge < -0.3 is 5.32 Å². The Morgan fingerprint density at radius 3 is 2.73 bits per heavy atom. The molecular formula is C12H22ClNO. The number of alkyl halides is 1. The van der Waals surface area contributed by atoms with Crippen molar-refractivity contribution < 1.29 is 4.79 Å². The molecule has 3 heteroatoms. The van der Waals surface area contributed by atoms with Crippen LogP contribution in [0.25, 0.3) is 0 Å². The monoisotopic (exact) mass is 231 g/mol. The Labute approximate surface area is 97.8 Å². The fraction of sp³-hybridized carbons (Fsp3) is 0.917. The zero-order valence-electron chi connectivity index (χ0n) is 9.60. The van der Waals surface area contributed by atoms with Crippen LogP contribution in [0.2, 0.25) is 0 Å². The van der Waals surface area contributed by atoms with Crippen molar-refractivity contribution in [3.63, 3.8) is 0 Å². The van der Waals surface area contributed by atoms with E-state index >= 15 is 0 Å². The quantitative estimate of drug-likeness (QED) is 0.553. The largest absolute Gasteiger partial charge is 0.356 e. The molecule has 0 aromatic carbocycles. The number of hydrogen-bond donors (Lipinski definition) is 1. The summed E-state index contributed by atoms with van der Waals surface area (Å²) in [5, 5.41) is 3.19. The third kappa shape index (κ3) is 6.03. The Kier molecular flexibility index (Phi) is 6.07. The van der Waals surface area contributed by atoms with Gasteiger partial charge in [0.15, 0.2) is 0 Å². The minimum absolute atomic E-state index is 0.219. The van der Waals surface area contributed by atoms with Crippen molar-refractivity contribution >= 4 is 17.5 Å². The molecule has 0 spiro atoms. The predicted octanol–water partition coefficient (Wildman–Crippen LogP) is 3.09. The molecule has 0 aromatic heterocycles. The first-order valence-corrected chi connectivity index (χ1v) is 6.53. The van der Waals surface area contributed by atoms with Crippen LogP contribution in [-0.2, 0) is 4.79 Å². The maximum Gasteiger partial charge on any atom is 0.220 e. The van der Waals surface area contributed by atoms with E-state index in [1.807, 2.05) is 6.92 Å². The summed E-state index contributed by atoms with van der Waals surface area (Å²) >= 11 is 5.82. The molecule has 2 nitrogen and oxygen atoms in total. The fourth-order valence-corrected chi connectivity index (χ4v) is 2.31. The normalized spacial score (nSPS) is 19.1. The summed E-state index contributed by atoms with van der Waals surface area (Å²) in [4.78, 5) is 11.5. The van der Waals surface area contributed by atoms with Crippen molar-refractivity contribution in [2.24, 2.45) is 5.92 Å². The van der Waals surface area contributed by atoms with Crippen LogP contribution in [0.1, 0.15) is 51.9 Å². The molecule has 0 aromatic rings. The van der Waals surface area contributed by atoms with E-state index in [1.165, 1.54) is 25.7 Å². The van der Waals surface area contributed by atoms with Gasteiger partial charge in [0.25, 0.3) is 0 Å². The summed E-state index contributed by atoms with van der Waals surface area (Å²) in [5.74, 6) is 0.876. The van der Waals surface area contributed by atoms with Gasteiger partial charge in [0.2, 0.25) is 5.91 Å². The maximum atomic E-state index is 11.5. The van der Waals surface area contributed by atoms with E-state index in [0.29, 0.717) is 5.92 Å². The first-order chi connectivity index (χ1) is 7.18. The van der Waals surface area contributed by atoms with Crippen molar-refractivity contribution in [1.29, 1.82) is 0 Å². The van der Waals surface area contributed by atoms with Crippen molar-refractivity contribution in [3.8, 4) is 0 Å². The van der Waals surface area contributed by atoms with Gasteiger partial charge in [0.05, 0.1) is 0 Å². The van der Waals surface area contributed by atoms with Crippen molar-refractivity contribution in [2.45, 2.75) is 57.2 Å². The molecule has 1 fully saturated rings. The highest BCUT2D eigenvalue weighted by Gasteiger charge is 2.17. The Bertz CT molecular complexity index is 188. The lowest BCUT2D eigenvalue weighted by atomic mass is 10.0. The summed E-state index contributed by atoms with van der Waals surface area (Å²) < 4.78 is 0. The molecule has 88 valence electrons. The summed E-state index contributed by atoms with van der Waals surface area (Å²) in [6, 6.07) is 0. The van der Waals surface area contributed by atoms with Crippen molar-refractivity contribution in [3.05, 3.63) is 0 Å². The zero-order chi connectivity index (χ0) is 11.1. The van der Waals surface area contributed by atoms with E-state index in [9.17, 15) is 4.79 Å². The van der Waals surface area contributed by atoms with E-state index in [1.54, 1.807) is 0 Å². The van der Waals surface area contributed by atoms with Crippen molar-refractivity contribution in [1.82, 2.24) is 5.32 Å². The van der Waals surface area contributed by atoms with Gasteiger partial charge in [-0.3, -0.25) is 4.79 Å². The minimum atomic E-state index is 0.219. The Morgan fingerprint density at radius 2 is 2.13 bits per heavy atom. The zero-order valence-corrected chi connectivity index (χ0v) is 10.4.